The molecular formula is C32H38N2O3. The topological polar surface area (TPSA) is 58.6 Å². The molecule has 4 rings (SSSR count). The molecule has 37 heavy (non-hydrogen) atoms. The van der Waals surface area contributed by atoms with Gasteiger partial charge in [0.2, 0.25) is 5.91 Å². The first-order chi connectivity index (χ1) is 17.9. The predicted octanol–water partition coefficient (Wildman–Crippen LogP) is 5.69. The zero-order valence-corrected chi connectivity index (χ0v) is 22.2. The van der Waals surface area contributed by atoms with Crippen molar-refractivity contribution in [1.82, 2.24) is 10.2 Å². The summed E-state index contributed by atoms with van der Waals surface area (Å²) in [5, 5.41) is 3.24. The lowest BCUT2D eigenvalue weighted by atomic mass is 10.0. The molecule has 1 aliphatic carbocycles. The Kier molecular flexibility index (Phi) is 8.99. The van der Waals surface area contributed by atoms with Gasteiger partial charge >= 0.3 is 0 Å². The third kappa shape index (κ3) is 7.45. The Hall–Kier alpha value is -3.60. The molecule has 0 radical (unpaired) electrons. The summed E-state index contributed by atoms with van der Waals surface area (Å²) in [4.78, 5) is 29.1. The minimum absolute atomic E-state index is 0.0950. The average Bonchev–Trinajstić information content (AvgIpc) is 3.41. The molecule has 1 aliphatic rings. The van der Waals surface area contributed by atoms with Crippen molar-refractivity contribution in [3.63, 3.8) is 0 Å². The normalized spacial score (nSPS) is 14.2. The van der Waals surface area contributed by atoms with Gasteiger partial charge in [0.1, 0.15) is 11.8 Å². The van der Waals surface area contributed by atoms with E-state index in [-0.39, 0.29) is 24.5 Å². The van der Waals surface area contributed by atoms with Crippen molar-refractivity contribution in [3.05, 3.63) is 101 Å². The zero-order chi connectivity index (χ0) is 26.2. The zero-order valence-electron chi connectivity index (χ0n) is 22.2. The second-order valence-corrected chi connectivity index (χ2v) is 10.2. The number of amides is 2. The highest BCUT2D eigenvalue weighted by Gasteiger charge is 2.32. The summed E-state index contributed by atoms with van der Waals surface area (Å²) in [7, 11) is 0. The summed E-state index contributed by atoms with van der Waals surface area (Å²) in [6.07, 6.45) is 4.69. The van der Waals surface area contributed by atoms with Crippen LogP contribution >= 0.6 is 0 Å². The van der Waals surface area contributed by atoms with E-state index in [1.165, 1.54) is 5.56 Å². The molecule has 0 aromatic heterocycles. The van der Waals surface area contributed by atoms with Gasteiger partial charge in [-0.1, -0.05) is 79.1 Å². The van der Waals surface area contributed by atoms with Crippen LogP contribution in [-0.4, -0.2) is 35.4 Å². The van der Waals surface area contributed by atoms with Crippen molar-refractivity contribution < 1.29 is 14.3 Å². The molecule has 0 unspecified atom stereocenters. The van der Waals surface area contributed by atoms with Crippen LogP contribution < -0.4 is 10.1 Å². The monoisotopic (exact) mass is 498 g/mol. The van der Waals surface area contributed by atoms with Crippen LogP contribution in [0.2, 0.25) is 0 Å². The highest BCUT2D eigenvalue weighted by molar-refractivity contribution is 5.88. The van der Waals surface area contributed by atoms with E-state index in [0.29, 0.717) is 18.7 Å². The molecule has 0 spiro atoms. The fraction of sp³-hybridized carbons (Fsp3) is 0.375. The smallest absolute Gasteiger partial charge is 0.261 e. The maximum Gasteiger partial charge on any atom is 0.261 e. The first-order valence-corrected chi connectivity index (χ1v) is 13.3. The van der Waals surface area contributed by atoms with Gasteiger partial charge in [-0.25, -0.2) is 0 Å². The number of nitrogens with one attached hydrogen (secondary N) is 1. The maximum atomic E-state index is 13.7. The van der Waals surface area contributed by atoms with Crippen LogP contribution in [0.3, 0.4) is 0 Å². The summed E-state index contributed by atoms with van der Waals surface area (Å²) in [6, 6.07) is 23.4. The largest absolute Gasteiger partial charge is 0.484 e. The van der Waals surface area contributed by atoms with E-state index < -0.39 is 6.04 Å². The average molecular weight is 499 g/mol. The Morgan fingerprint density at radius 3 is 2.27 bits per heavy atom. The number of nitrogens with zero attached hydrogens (tertiary/aromatic N) is 1. The van der Waals surface area contributed by atoms with Gasteiger partial charge in [-0.3, -0.25) is 9.59 Å². The van der Waals surface area contributed by atoms with E-state index in [1.807, 2.05) is 93.6 Å². The molecule has 2 amide bonds. The first-order valence-electron chi connectivity index (χ1n) is 13.3. The summed E-state index contributed by atoms with van der Waals surface area (Å²) in [5.41, 5.74) is 5.44. The molecule has 5 heteroatoms. The fourth-order valence-electron chi connectivity index (χ4n) is 4.84. The Morgan fingerprint density at radius 2 is 1.59 bits per heavy atom. The number of aryl methyl sites for hydroxylation is 3. The first kappa shape index (κ1) is 26.5. The maximum absolute atomic E-state index is 13.7. The van der Waals surface area contributed by atoms with Crippen LogP contribution in [-0.2, 0) is 22.6 Å². The number of rotatable bonds is 10. The summed E-state index contributed by atoms with van der Waals surface area (Å²) < 4.78 is 5.93. The van der Waals surface area contributed by atoms with Gasteiger partial charge in [0.05, 0.1) is 0 Å². The van der Waals surface area contributed by atoms with Crippen LogP contribution in [0, 0.1) is 20.8 Å². The molecule has 1 atom stereocenters. The van der Waals surface area contributed by atoms with E-state index in [0.717, 1.165) is 47.9 Å². The Bertz CT molecular complexity index is 1180. The molecule has 1 N–H and O–H groups in total. The van der Waals surface area contributed by atoms with Gasteiger partial charge < -0.3 is 15.0 Å². The highest BCUT2D eigenvalue weighted by atomic mass is 16.5. The summed E-state index contributed by atoms with van der Waals surface area (Å²) >= 11 is 0. The van der Waals surface area contributed by atoms with E-state index >= 15 is 0 Å². The molecule has 0 saturated heterocycles. The van der Waals surface area contributed by atoms with Crippen molar-refractivity contribution >= 4 is 11.8 Å². The van der Waals surface area contributed by atoms with Crippen molar-refractivity contribution in [2.75, 3.05) is 6.61 Å². The van der Waals surface area contributed by atoms with E-state index in [2.05, 4.69) is 5.32 Å². The molecule has 0 heterocycles. The van der Waals surface area contributed by atoms with Crippen molar-refractivity contribution in [1.29, 1.82) is 0 Å². The van der Waals surface area contributed by atoms with Gasteiger partial charge in [0.15, 0.2) is 6.61 Å². The highest BCUT2D eigenvalue weighted by Crippen LogP contribution is 2.21. The number of hydrogen-bond acceptors (Lipinski definition) is 3. The van der Waals surface area contributed by atoms with Crippen LogP contribution in [0.25, 0.3) is 0 Å². The predicted molar refractivity (Wildman–Crippen MR) is 147 cm³/mol. The molecule has 0 bridgehead atoms. The molecule has 5 nitrogen and oxygen atoms in total. The Morgan fingerprint density at radius 1 is 0.892 bits per heavy atom. The molecule has 3 aromatic carbocycles. The van der Waals surface area contributed by atoms with Gasteiger partial charge in [0.25, 0.3) is 5.91 Å². The Balaban J connectivity index is 1.60. The van der Waals surface area contributed by atoms with Crippen LogP contribution in [0.15, 0.2) is 72.8 Å². The molecular weight excluding hydrogens is 460 g/mol. The van der Waals surface area contributed by atoms with E-state index in [4.69, 9.17) is 4.74 Å². The van der Waals surface area contributed by atoms with E-state index in [1.54, 1.807) is 4.90 Å². The molecule has 3 aromatic rings. The quantitative estimate of drug-likeness (QED) is 0.391. The minimum Gasteiger partial charge on any atom is -0.484 e. The second-order valence-electron chi connectivity index (χ2n) is 10.2. The Labute approximate surface area is 220 Å². The number of ether oxygens (including phenoxy) is 1. The van der Waals surface area contributed by atoms with Gasteiger partial charge in [-0.15, -0.1) is 0 Å². The summed E-state index contributed by atoms with van der Waals surface area (Å²) in [5.74, 6) is 0.352. The molecule has 1 saturated carbocycles. The van der Waals surface area contributed by atoms with Crippen LogP contribution in [0.1, 0.15) is 53.5 Å². The summed E-state index contributed by atoms with van der Waals surface area (Å²) in [6.45, 7) is 6.32. The lowest BCUT2D eigenvalue weighted by Crippen LogP contribution is -2.53. The molecule has 1 fully saturated rings. The van der Waals surface area contributed by atoms with Gasteiger partial charge in [-0.05, 0) is 68.0 Å². The lowest BCUT2D eigenvalue weighted by molar-refractivity contribution is -0.143. The third-order valence-electron chi connectivity index (χ3n) is 7.29. The molecule has 194 valence electrons. The van der Waals surface area contributed by atoms with Crippen LogP contribution in [0.4, 0.5) is 0 Å². The standard InChI is InChI=1S/C32H38N2O3/c1-23-13-16-27(17-14-23)21-34(31(35)22-37-29-18-15-24(2)25(3)19-29)30(20-26-9-5-4-6-10-26)32(36)33-28-11-7-8-12-28/h4-6,9-10,13-19,28,30H,7-8,11-12,20-22H2,1-3H3,(H,33,36)/t30-/m0/s1. The third-order valence-corrected chi connectivity index (χ3v) is 7.29. The SMILES string of the molecule is Cc1ccc(CN(C(=O)COc2ccc(C)c(C)c2)[C@@H](Cc2ccccc2)C(=O)NC2CCCC2)cc1. The van der Waals surface area contributed by atoms with Crippen molar-refractivity contribution in [2.45, 2.75) is 71.5 Å². The minimum atomic E-state index is -0.639. The van der Waals surface area contributed by atoms with Crippen molar-refractivity contribution in [3.8, 4) is 5.75 Å². The van der Waals surface area contributed by atoms with E-state index in [9.17, 15) is 9.59 Å². The van der Waals surface area contributed by atoms with Crippen LogP contribution in [0.5, 0.6) is 5.75 Å². The number of carbonyl (C=O) groups excluding carboxylic acids is 2. The number of benzene rings is 3. The fourth-order valence-corrected chi connectivity index (χ4v) is 4.84. The lowest BCUT2D eigenvalue weighted by Gasteiger charge is -2.32. The number of hydrogen-bond donors (Lipinski definition) is 1. The number of carbonyl (C=O) groups is 2. The molecule has 0 aliphatic heterocycles. The van der Waals surface area contributed by atoms with Gasteiger partial charge in [0, 0.05) is 19.0 Å². The van der Waals surface area contributed by atoms with Gasteiger partial charge in [-0.2, -0.15) is 0 Å². The van der Waals surface area contributed by atoms with Crippen molar-refractivity contribution in [2.24, 2.45) is 0 Å². The second kappa shape index (κ2) is 12.6.